The molecule has 17 heavy (non-hydrogen) atoms. The minimum atomic E-state index is -0.313. The Morgan fingerprint density at radius 1 is 1.47 bits per heavy atom. The number of aromatic nitrogens is 1. The largest absolute Gasteiger partial charge is 0.369 e. The van der Waals surface area contributed by atoms with Crippen LogP contribution in [0, 0.1) is 5.92 Å². The van der Waals surface area contributed by atoms with Crippen LogP contribution in [0.2, 0.25) is 0 Å². The number of hydrogen-bond donors (Lipinski definition) is 1. The Labute approximate surface area is 108 Å². The van der Waals surface area contributed by atoms with Gasteiger partial charge in [0.2, 0.25) is 0 Å². The lowest BCUT2D eigenvalue weighted by molar-refractivity contribution is -0.0143. The smallest absolute Gasteiger partial charge is 0.124 e. The number of hydrogen-bond acceptors (Lipinski definition) is 4. The molecule has 0 saturated heterocycles. The monoisotopic (exact) mass is 256 g/mol. The first-order valence-corrected chi connectivity index (χ1v) is 7.15. The lowest BCUT2D eigenvalue weighted by atomic mass is 9.98. The molecule has 98 valence electrons. The molecule has 1 rings (SSSR count). The summed E-state index contributed by atoms with van der Waals surface area (Å²) in [5.41, 5.74) is 6.86. The van der Waals surface area contributed by atoms with Crippen LogP contribution in [0.4, 0.5) is 0 Å². The average molecular weight is 256 g/mol. The molecule has 0 fully saturated rings. The molecule has 2 unspecified atom stereocenters. The first-order valence-electron chi connectivity index (χ1n) is 6.27. The molecule has 0 saturated carbocycles. The van der Waals surface area contributed by atoms with Gasteiger partial charge < -0.3 is 10.5 Å². The lowest BCUT2D eigenvalue weighted by Crippen LogP contribution is -2.23. The highest BCUT2D eigenvalue weighted by Crippen LogP contribution is 2.31. The molecule has 0 spiro atoms. The fraction of sp³-hybridized carbons (Fsp3) is 0.769. The summed E-state index contributed by atoms with van der Waals surface area (Å²) in [5, 5.41) is 3.07. The normalized spacial score (nSPS) is 15.9. The van der Waals surface area contributed by atoms with Crippen LogP contribution < -0.4 is 5.73 Å². The van der Waals surface area contributed by atoms with Crippen molar-refractivity contribution in [1.82, 2.24) is 4.98 Å². The molecular formula is C13H24N2OS. The van der Waals surface area contributed by atoms with E-state index in [0.29, 0.717) is 12.5 Å². The Bertz CT molecular complexity index is 349. The second kappa shape index (κ2) is 5.94. The minimum absolute atomic E-state index is 0.0300. The maximum absolute atomic E-state index is 6.18. The summed E-state index contributed by atoms with van der Waals surface area (Å²) in [6, 6.07) is 0.0300. The van der Waals surface area contributed by atoms with E-state index in [9.17, 15) is 0 Å². The molecule has 4 heteroatoms. The molecule has 2 N–H and O–H groups in total. The van der Waals surface area contributed by atoms with Crippen molar-refractivity contribution in [2.24, 2.45) is 11.7 Å². The Kier molecular flexibility index (Phi) is 5.10. The van der Waals surface area contributed by atoms with Gasteiger partial charge in [-0.2, -0.15) is 0 Å². The van der Waals surface area contributed by atoms with Crippen LogP contribution in [-0.4, -0.2) is 11.6 Å². The van der Waals surface area contributed by atoms with Crippen LogP contribution >= 0.6 is 11.3 Å². The molecule has 3 nitrogen and oxygen atoms in total. The maximum atomic E-state index is 6.18. The van der Waals surface area contributed by atoms with Crippen LogP contribution in [0.25, 0.3) is 0 Å². The lowest BCUT2D eigenvalue weighted by Gasteiger charge is -2.22. The van der Waals surface area contributed by atoms with Crippen molar-refractivity contribution >= 4 is 11.3 Å². The summed E-state index contributed by atoms with van der Waals surface area (Å²) in [4.78, 5) is 4.64. The van der Waals surface area contributed by atoms with E-state index in [0.717, 1.165) is 17.1 Å². The third-order valence-corrected chi connectivity index (χ3v) is 4.31. The third kappa shape index (κ3) is 3.50. The topological polar surface area (TPSA) is 48.1 Å². The predicted octanol–water partition coefficient (Wildman–Crippen LogP) is 3.46. The van der Waals surface area contributed by atoms with E-state index in [1.165, 1.54) is 0 Å². The fourth-order valence-corrected chi connectivity index (χ4v) is 2.63. The zero-order chi connectivity index (χ0) is 13.1. The molecule has 1 aromatic rings. The summed E-state index contributed by atoms with van der Waals surface area (Å²) in [6.45, 7) is 11.1. The number of rotatable bonds is 6. The first-order chi connectivity index (χ1) is 7.92. The molecule has 0 amide bonds. The van der Waals surface area contributed by atoms with Crippen molar-refractivity contribution in [3.05, 3.63) is 16.1 Å². The summed E-state index contributed by atoms with van der Waals surface area (Å²) >= 11 is 1.64. The molecule has 0 aromatic carbocycles. The summed E-state index contributed by atoms with van der Waals surface area (Å²) < 4.78 is 5.70. The van der Waals surface area contributed by atoms with Gasteiger partial charge >= 0.3 is 0 Å². The van der Waals surface area contributed by atoms with Crippen LogP contribution in [0.15, 0.2) is 5.38 Å². The highest BCUT2D eigenvalue weighted by molar-refractivity contribution is 7.09. The van der Waals surface area contributed by atoms with Gasteiger partial charge in [-0.3, -0.25) is 0 Å². The van der Waals surface area contributed by atoms with E-state index in [1.807, 2.05) is 20.8 Å². The third-order valence-electron chi connectivity index (χ3n) is 3.14. The van der Waals surface area contributed by atoms with Gasteiger partial charge in [-0.15, -0.1) is 11.3 Å². The summed E-state index contributed by atoms with van der Waals surface area (Å²) in [6.07, 6.45) is 1.07. The Morgan fingerprint density at radius 3 is 2.65 bits per heavy atom. The molecule has 0 aliphatic rings. The molecule has 0 aliphatic heterocycles. The standard InChI is InChI=1S/C13H24N2OS/c1-6-9(3)11(14)10-8-17-12(15-10)13(4,5)16-7-2/h8-9,11H,6-7,14H2,1-5H3. The number of ether oxygens (including phenoxy) is 1. The van der Waals surface area contributed by atoms with Crippen molar-refractivity contribution in [2.75, 3.05) is 6.61 Å². The predicted molar refractivity (Wildman–Crippen MR) is 73.1 cm³/mol. The van der Waals surface area contributed by atoms with Gasteiger partial charge in [0.1, 0.15) is 10.6 Å². The van der Waals surface area contributed by atoms with Crippen molar-refractivity contribution in [3.8, 4) is 0 Å². The first kappa shape index (κ1) is 14.6. The molecule has 0 aliphatic carbocycles. The molecule has 1 heterocycles. The summed E-state index contributed by atoms with van der Waals surface area (Å²) in [5.74, 6) is 0.458. The zero-order valence-electron chi connectivity index (χ0n) is 11.5. The molecular weight excluding hydrogens is 232 g/mol. The fourth-order valence-electron chi connectivity index (χ4n) is 1.68. The second-order valence-corrected chi connectivity index (χ2v) is 5.79. The molecule has 1 aromatic heterocycles. The SMILES string of the molecule is CCOC(C)(C)c1nc(C(N)C(C)CC)cs1. The van der Waals surface area contributed by atoms with E-state index in [1.54, 1.807) is 11.3 Å². The van der Waals surface area contributed by atoms with E-state index in [2.05, 4.69) is 24.2 Å². The van der Waals surface area contributed by atoms with Crippen LogP contribution in [0.1, 0.15) is 57.8 Å². The van der Waals surface area contributed by atoms with E-state index in [4.69, 9.17) is 10.5 Å². The Balaban J connectivity index is 2.84. The summed E-state index contributed by atoms with van der Waals surface area (Å²) in [7, 11) is 0. The number of nitrogens with zero attached hydrogens (tertiary/aromatic N) is 1. The van der Waals surface area contributed by atoms with Crippen LogP contribution in [0.5, 0.6) is 0 Å². The van der Waals surface area contributed by atoms with Gasteiger partial charge in [0.15, 0.2) is 0 Å². The number of nitrogens with two attached hydrogens (primary N) is 1. The second-order valence-electron chi connectivity index (χ2n) is 4.93. The van der Waals surface area contributed by atoms with E-state index in [-0.39, 0.29) is 11.6 Å². The van der Waals surface area contributed by atoms with Gasteiger partial charge in [0, 0.05) is 12.0 Å². The molecule has 0 bridgehead atoms. The van der Waals surface area contributed by atoms with Crippen molar-refractivity contribution in [1.29, 1.82) is 0 Å². The quantitative estimate of drug-likeness (QED) is 0.848. The Morgan fingerprint density at radius 2 is 2.12 bits per heavy atom. The Hall–Kier alpha value is -0.450. The minimum Gasteiger partial charge on any atom is -0.369 e. The highest BCUT2D eigenvalue weighted by Gasteiger charge is 2.26. The maximum Gasteiger partial charge on any atom is 0.124 e. The average Bonchev–Trinajstić information content (AvgIpc) is 2.76. The van der Waals surface area contributed by atoms with Crippen molar-refractivity contribution in [2.45, 2.75) is 52.7 Å². The highest BCUT2D eigenvalue weighted by atomic mass is 32.1. The zero-order valence-corrected chi connectivity index (χ0v) is 12.3. The van der Waals surface area contributed by atoms with Crippen molar-refractivity contribution in [3.63, 3.8) is 0 Å². The van der Waals surface area contributed by atoms with Crippen molar-refractivity contribution < 1.29 is 4.74 Å². The van der Waals surface area contributed by atoms with Crippen LogP contribution in [0.3, 0.4) is 0 Å². The van der Waals surface area contributed by atoms with Crippen LogP contribution in [-0.2, 0) is 10.3 Å². The number of thiazole rings is 1. The van der Waals surface area contributed by atoms with Gasteiger partial charge in [0.05, 0.1) is 11.7 Å². The molecule has 0 radical (unpaired) electrons. The van der Waals surface area contributed by atoms with E-state index < -0.39 is 0 Å². The van der Waals surface area contributed by atoms with Gasteiger partial charge in [0.25, 0.3) is 0 Å². The van der Waals surface area contributed by atoms with E-state index >= 15 is 0 Å². The van der Waals surface area contributed by atoms with Gasteiger partial charge in [-0.25, -0.2) is 4.98 Å². The van der Waals surface area contributed by atoms with Gasteiger partial charge in [-0.1, -0.05) is 20.3 Å². The van der Waals surface area contributed by atoms with Gasteiger partial charge in [-0.05, 0) is 26.7 Å². The molecule has 2 atom stereocenters.